The predicted molar refractivity (Wildman–Crippen MR) is 66.5 cm³/mol. The van der Waals surface area contributed by atoms with Crippen molar-refractivity contribution >= 4 is 0 Å². The van der Waals surface area contributed by atoms with Crippen LogP contribution in [0.15, 0.2) is 24.3 Å². The van der Waals surface area contributed by atoms with E-state index in [0.29, 0.717) is 17.5 Å². The third-order valence-corrected chi connectivity index (χ3v) is 3.26. The number of nitrogens with one attached hydrogen (secondary N) is 1. The Labute approximate surface area is 102 Å². The van der Waals surface area contributed by atoms with Gasteiger partial charge in [0.2, 0.25) is 0 Å². The van der Waals surface area contributed by atoms with E-state index in [1.807, 2.05) is 24.3 Å². The Morgan fingerprint density at radius 2 is 2.06 bits per heavy atom. The quantitative estimate of drug-likeness (QED) is 0.847. The Kier molecular flexibility index (Phi) is 3.78. The number of morpholine rings is 1. The van der Waals surface area contributed by atoms with Crippen molar-refractivity contribution in [2.24, 2.45) is 5.92 Å². The molecule has 1 aromatic rings. The maximum atomic E-state index is 8.74. The Bertz CT molecular complexity index is 397. The van der Waals surface area contributed by atoms with Crippen molar-refractivity contribution < 1.29 is 4.74 Å². The molecule has 1 fully saturated rings. The van der Waals surface area contributed by atoms with Crippen LogP contribution in [-0.4, -0.2) is 19.2 Å². The van der Waals surface area contributed by atoms with Gasteiger partial charge >= 0.3 is 0 Å². The van der Waals surface area contributed by atoms with Gasteiger partial charge in [-0.3, -0.25) is 0 Å². The van der Waals surface area contributed by atoms with Crippen molar-refractivity contribution in [1.29, 1.82) is 5.26 Å². The van der Waals surface area contributed by atoms with E-state index < -0.39 is 0 Å². The Morgan fingerprint density at radius 3 is 2.53 bits per heavy atom. The monoisotopic (exact) mass is 230 g/mol. The minimum atomic E-state index is 0.109. The lowest BCUT2D eigenvalue weighted by Gasteiger charge is -2.32. The van der Waals surface area contributed by atoms with Crippen LogP contribution in [0.3, 0.4) is 0 Å². The Balaban J connectivity index is 1.98. The second-order valence-electron chi connectivity index (χ2n) is 4.81. The van der Waals surface area contributed by atoms with Gasteiger partial charge in [-0.05, 0) is 23.6 Å². The molecule has 1 N–H and O–H groups in total. The molecule has 17 heavy (non-hydrogen) atoms. The molecular weight excluding hydrogens is 212 g/mol. The van der Waals surface area contributed by atoms with Gasteiger partial charge in [0.1, 0.15) is 0 Å². The number of rotatable bonds is 2. The van der Waals surface area contributed by atoms with Crippen molar-refractivity contribution in [3.05, 3.63) is 35.4 Å². The summed E-state index contributed by atoms with van der Waals surface area (Å²) in [7, 11) is 0. The molecule has 0 aliphatic carbocycles. The van der Waals surface area contributed by atoms with Gasteiger partial charge in [-0.15, -0.1) is 0 Å². The minimum Gasteiger partial charge on any atom is -0.371 e. The van der Waals surface area contributed by atoms with Gasteiger partial charge < -0.3 is 10.1 Å². The van der Waals surface area contributed by atoms with Gasteiger partial charge in [-0.2, -0.15) is 5.26 Å². The van der Waals surface area contributed by atoms with E-state index in [1.54, 1.807) is 0 Å². The van der Waals surface area contributed by atoms with E-state index in [9.17, 15) is 0 Å². The van der Waals surface area contributed by atoms with Crippen molar-refractivity contribution in [2.75, 3.05) is 13.2 Å². The van der Waals surface area contributed by atoms with Crippen LogP contribution in [0.25, 0.3) is 0 Å². The first-order valence-corrected chi connectivity index (χ1v) is 6.05. The van der Waals surface area contributed by atoms with E-state index in [2.05, 4.69) is 25.2 Å². The Morgan fingerprint density at radius 1 is 1.35 bits per heavy atom. The molecule has 3 heteroatoms. The summed E-state index contributed by atoms with van der Waals surface area (Å²) in [5, 5.41) is 12.2. The van der Waals surface area contributed by atoms with Gasteiger partial charge in [-0.1, -0.05) is 26.0 Å². The summed E-state index contributed by atoms with van der Waals surface area (Å²) in [6.45, 7) is 5.99. The SMILES string of the molecule is CC(C)C1COC(c2ccc(C#N)cc2)CN1. The second kappa shape index (κ2) is 5.31. The highest BCUT2D eigenvalue weighted by Gasteiger charge is 2.23. The minimum absolute atomic E-state index is 0.109. The fourth-order valence-electron chi connectivity index (χ4n) is 2.01. The fourth-order valence-corrected chi connectivity index (χ4v) is 2.01. The molecule has 0 saturated carbocycles. The first-order valence-electron chi connectivity index (χ1n) is 6.05. The van der Waals surface area contributed by atoms with E-state index in [1.165, 1.54) is 0 Å². The number of hydrogen-bond donors (Lipinski definition) is 1. The molecular formula is C14H18N2O. The van der Waals surface area contributed by atoms with E-state index in [-0.39, 0.29) is 6.10 Å². The molecule has 90 valence electrons. The standard InChI is InChI=1S/C14H18N2O/c1-10(2)13-9-17-14(8-16-13)12-5-3-11(7-15)4-6-12/h3-6,10,13-14,16H,8-9H2,1-2H3. The summed E-state index contributed by atoms with van der Waals surface area (Å²) in [6.07, 6.45) is 0.109. The maximum Gasteiger partial charge on any atom is 0.0991 e. The van der Waals surface area contributed by atoms with Gasteiger partial charge in [-0.25, -0.2) is 0 Å². The summed E-state index contributed by atoms with van der Waals surface area (Å²) < 4.78 is 5.87. The van der Waals surface area contributed by atoms with Gasteiger partial charge in [0.15, 0.2) is 0 Å². The lowest BCUT2D eigenvalue weighted by atomic mass is 10.0. The molecule has 2 atom stereocenters. The summed E-state index contributed by atoms with van der Waals surface area (Å²) in [4.78, 5) is 0. The normalized spacial score (nSPS) is 24.6. The molecule has 0 spiro atoms. The number of nitrogens with zero attached hydrogens (tertiary/aromatic N) is 1. The van der Waals surface area contributed by atoms with Crippen LogP contribution in [0, 0.1) is 17.2 Å². The zero-order valence-electron chi connectivity index (χ0n) is 10.3. The highest BCUT2D eigenvalue weighted by atomic mass is 16.5. The molecule has 0 bridgehead atoms. The Hall–Kier alpha value is -1.37. The number of hydrogen-bond acceptors (Lipinski definition) is 3. The smallest absolute Gasteiger partial charge is 0.0991 e. The van der Waals surface area contributed by atoms with E-state index in [4.69, 9.17) is 10.00 Å². The van der Waals surface area contributed by atoms with Crippen LogP contribution < -0.4 is 5.32 Å². The average molecular weight is 230 g/mol. The third kappa shape index (κ3) is 2.85. The molecule has 2 unspecified atom stereocenters. The maximum absolute atomic E-state index is 8.74. The lowest BCUT2D eigenvalue weighted by Crippen LogP contribution is -2.45. The summed E-state index contributed by atoms with van der Waals surface area (Å²) >= 11 is 0. The zero-order valence-corrected chi connectivity index (χ0v) is 10.3. The van der Waals surface area contributed by atoms with E-state index >= 15 is 0 Å². The highest BCUT2D eigenvalue weighted by Crippen LogP contribution is 2.22. The molecule has 1 aliphatic heterocycles. The van der Waals surface area contributed by atoms with Crippen LogP contribution in [0.4, 0.5) is 0 Å². The predicted octanol–water partition coefficient (Wildman–Crippen LogP) is 2.24. The topological polar surface area (TPSA) is 45.0 Å². The molecule has 3 nitrogen and oxygen atoms in total. The molecule has 1 saturated heterocycles. The molecule has 2 rings (SSSR count). The molecule has 0 radical (unpaired) electrons. The molecule has 1 heterocycles. The second-order valence-corrected chi connectivity index (χ2v) is 4.81. The van der Waals surface area contributed by atoms with Crippen molar-refractivity contribution in [3.63, 3.8) is 0 Å². The number of benzene rings is 1. The van der Waals surface area contributed by atoms with Gasteiger partial charge in [0, 0.05) is 12.6 Å². The average Bonchev–Trinajstić information content (AvgIpc) is 2.39. The van der Waals surface area contributed by atoms with Crippen molar-refractivity contribution in [2.45, 2.75) is 26.0 Å². The number of nitriles is 1. The van der Waals surface area contributed by atoms with Crippen LogP contribution in [-0.2, 0) is 4.74 Å². The van der Waals surface area contributed by atoms with Crippen molar-refractivity contribution in [1.82, 2.24) is 5.32 Å². The van der Waals surface area contributed by atoms with Crippen LogP contribution in [0.2, 0.25) is 0 Å². The first kappa shape index (κ1) is 12.1. The van der Waals surface area contributed by atoms with Crippen LogP contribution in [0.1, 0.15) is 31.1 Å². The molecule has 1 aliphatic rings. The van der Waals surface area contributed by atoms with Crippen molar-refractivity contribution in [3.8, 4) is 6.07 Å². The first-order chi connectivity index (χ1) is 8.20. The molecule has 0 amide bonds. The third-order valence-electron chi connectivity index (χ3n) is 3.26. The largest absolute Gasteiger partial charge is 0.371 e. The number of ether oxygens (including phenoxy) is 1. The fraction of sp³-hybridized carbons (Fsp3) is 0.500. The summed E-state index contributed by atoms with van der Waals surface area (Å²) in [5.41, 5.74) is 1.83. The summed E-state index contributed by atoms with van der Waals surface area (Å²) in [6, 6.07) is 10.2. The van der Waals surface area contributed by atoms with E-state index in [0.717, 1.165) is 18.7 Å². The molecule has 0 aromatic heterocycles. The van der Waals surface area contributed by atoms with Gasteiger partial charge in [0.05, 0.1) is 24.3 Å². The highest BCUT2D eigenvalue weighted by molar-refractivity contribution is 5.32. The lowest BCUT2D eigenvalue weighted by molar-refractivity contribution is -0.00711. The zero-order chi connectivity index (χ0) is 12.3. The van der Waals surface area contributed by atoms with Crippen LogP contribution >= 0.6 is 0 Å². The van der Waals surface area contributed by atoms with Gasteiger partial charge in [0.25, 0.3) is 0 Å². The van der Waals surface area contributed by atoms with Crippen LogP contribution in [0.5, 0.6) is 0 Å². The summed E-state index contributed by atoms with van der Waals surface area (Å²) in [5.74, 6) is 0.594. The molecule has 1 aromatic carbocycles.